The molecule has 5 nitrogen and oxygen atoms in total. The Labute approximate surface area is 122 Å². The van der Waals surface area contributed by atoms with E-state index in [-0.39, 0.29) is 5.91 Å². The minimum Gasteiger partial charge on any atom is -0.384 e. The summed E-state index contributed by atoms with van der Waals surface area (Å²) in [5, 5.41) is 5.83. The van der Waals surface area contributed by atoms with Gasteiger partial charge in [0.25, 0.3) is 5.91 Å². The van der Waals surface area contributed by atoms with Gasteiger partial charge in [-0.2, -0.15) is 0 Å². The summed E-state index contributed by atoms with van der Waals surface area (Å²) in [6.07, 6.45) is 4.31. The number of pyridine rings is 1. The van der Waals surface area contributed by atoms with Crippen molar-refractivity contribution in [1.29, 1.82) is 0 Å². The first kappa shape index (κ1) is 14.5. The standard InChI is InChI=1S/C14H18N4OS/c1-2-3-11-8-10(9-12(15)18-11)14(19)17-5-4-13-16-6-7-20-13/h6-9H,2-5H2,1H3,(H2,15,18)(H,17,19). The Bertz CT molecular complexity index is 569. The molecule has 3 N–H and O–H groups in total. The number of hydrogen-bond acceptors (Lipinski definition) is 5. The van der Waals surface area contributed by atoms with E-state index in [9.17, 15) is 4.79 Å². The molecule has 6 heteroatoms. The van der Waals surface area contributed by atoms with Gasteiger partial charge in [-0.05, 0) is 18.6 Å². The van der Waals surface area contributed by atoms with Gasteiger partial charge >= 0.3 is 0 Å². The number of nitrogens with one attached hydrogen (secondary N) is 1. The van der Waals surface area contributed by atoms with Crippen LogP contribution in [0.15, 0.2) is 23.7 Å². The maximum atomic E-state index is 12.1. The molecule has 0 aliphatic heterocycles. The maximum absolute atomic E-state index is 12.1. The molecule has 0 aliphatic rings. The second kappa shape index (κ2) is 7.00. The molecule has 0 fully saturated rings. The van der Waals surface area contributed by atoms with E-state index in [1.807, 2.05) is 5.38 Å². The second-order valence-corrected chi connectivity index (χ2v) is 5.43. The average molecular weight is 290 g/mol. The highest BCUT2D eigenvalue weighted by molar-refractivity contribution is 7.09. The molecular formula is C14H18N4OS. The van der Waals surface area contributed by atoms with Gasteiger partial charge in [0.05, 0.1) is 5.01 Å². The lowest BCUT2D eigenvalue weighted by molar-refractivity contribution is 0.0954. The lowest BCUT2D eigenvalue weighted by Gasteiger charge is -2.07. The van der Waals surface area contributed by atoms with Crippen LogP contribution in [-0.2, 0) is 12.8 Å². The molecule has 0 spiro atoms. The summed E-state index contributed by atoms with van der Waals surface area (Å²) < 4.78 is 0. The molecule has 20 heavy (non-hydrogen) atoms. The number of nitrogens with zero attached hydrogens (tertiary/aromatic N) is 2. The Balaban J connectivity index is 1.94. The van der Waals surface area contributed by atoms with E-state index in [2.05, 4.69) is 22.2 Å². The summed E-state index contributed by atoms with van der Waals surface area (Å²) in [7, 11) is 0. The smallest absolute Gasteiger partial charge is 0.251 e. The molecule has 0 unspecified atom stereocenters. The third-order valence-electron chi connectivity index (χ3n) is 2.77. The number of nitrogen functional groups attached to an aromatic ring is 1. The normalized spacial score (nSPS) is 10.4. The topological polar surface area (TPSA) is 80.9 Å². The zero-order valence-electron chi connectivity index (χ0n) is 11.4. The van der Waals surface area contributed by atoms with Crippen molar-refractivity contribution in [2.45, 2.75) is 26.2 Å². The van der Waals surface area contributed by atoms with E-state index in [1.54, 1.807) is 29.7 Å². The zero-order valence-corrected chi connectivity index (χ0v) is 12.2. The number of hydrogen-bond donors (Lipinski definition) is 2. The van der Waals surface area contributed by atoms with E-state index >= 15 is 0 Å². The van der Waals surface area contributed by atoms with E-state index in [1.165, 1.54) is 0 Å². The highest BCUT2D eigenvalue weighted by Crippen LogP contribution is 2.10. The second-order valence-electron chi connectivity index (χ2n) is 4.45. The maximum Gasteiger partial charge on any atom is 0.251 e. The van der Waals surface area contributed by atoms with Crippen LogP contribution in [0, 0.1) is 0 Å². The Kier molecular flexibility index (Phi) is 5.06. The van der Waals surface area contributed by atoms with Gasteiger partial charge in [0.1, 0.15) is 5.82 Å². The first-order valence-corrected chi connectivity index (χ1v) is 7.50. The summed E-state index contributed by atoms with van der Waals surface area (Å²) in [4.78, 5) is 20.5. The molecule has 0 aromatic carbocycles. The van der Waals surface area contributed by atoms with Crippen LogP contribution in [0.5, 0.6) is 0 Å². The predicted octanol–water partition coefficient (Wildman–Crippen LogP) is 2.05. The SMILES string of the molecule is CCCc1cc(C(=O)NCCc2nccs2)cc(N)n1. The number of anilines is 1. The molecule has 0 radical (unpaired) electrons. The van der Waals surface area contributed by atoms with Crippen LogP contribution in [0.3, 0.4) is 0 Å². The van der Waals surface area contributed by atoms with Crippen molar-refractivity contribution < 1.29 is 4.79 Å². The number of rotatable bonds is 6. The van der Waals surface area contributed by atoms with Gasteiger partial charge in [-0.15, -0.1) is 11.3 Å². The van der Waals surface area contributed by atoms with E-state index in [4.69, 9.17) is 5.73 Å². The van der Waals surface area contributed by atoms with Crippen LogP contribution in [-0.4, -0.2) is 22.4 Å². The molecular weight excluding hydrogens is 272 g/mol. The van der Waals surface area contributed by atoms with Crippen molar-refractivity contribution >= 4 is 23.1 Å². The number of nitrogens with two attached hydrogens (primary N) is 1. The van der Waals surface area contributed by atoms with Crippen molar-refractivity contribution in [3.05, 3.63) is 40.0 Å². The number of amides is 1. The lowest BCUT2D eigenvalue weighted by Crippen LogP contribution is -2.26. The molecule has 0 saturated carbocycles. The quantitative estimate of drug-likeness (QED) is 0.853. The number of carbonyl (C=O) groups excluding carboxylic acids is 1. The third-order valence-corrected chi connectivity index (χ3v) is 3.61. The molecule has 2 heterocycles. The molecule has 0 saturated heterocycles. The minimum absolute atomic E-state index is 0.118. The van der Waals surface area contributed by atoms with Gasteiger partial charge in [-0.3, -0.25) is 4.79 Å². The van der Waals surface area contributed by atoms with Crippen molar-refractivity contribution in [3.63, 3.8) is 0 Å². The van der Waals surface area contributed by atoms with Crippen LogP contribution < -0.4 is 11.1 Å². The van der Waals surface area contributed by atoms with Crippen LogP contribution in [0.2, 0.25) is 0 Å². The van der Waals surface area contributed by atoms with Gasteiger partial charge in [-0.1, -0.05) is 13.3 Å². The fraction of sp³-hybridized carbons (Fsp3) is 0.357. The summed E-state index contributed by atoms with van der Waals surface area (Å²) >= 11 is 1.59. The number of carbonyl (C=O) groups is 1. The van der Waals surface area contributed by atoms with Gasteiger partial charge in [-0.25, -0.2) is 9.97 Å². The molecule has 2 aromatic rings. The van der Waals surface area contributed by atoms with Gasteiger partial charge < -0.3 is 11.1 Å². The molecule has 106 valence electrons. The van der Waals surface area contributed by atoms with Crippen LogP contribution in [0.1, 0.15) is 34.4 Å². The zero-order chi connectivity index (χ0) is 14.4. The molecule has 2 aromatic heterocycles. The summed E-state index contributed by atoms with van der Waals surface area (Å²) in [6, 6.07) is 3.41. The van der Waals surface area contributed by atoms with Crippen molar-refractivity contribution in [2.24, 2.45) is 0 Å². The van der Waals surface area contributed by atoms with Crippen molar-refractivity contribution in [1.82, 2.24) is 15.3 Å². The fourth-order valence-electron chi connectivity index (χ4n) is 1.89. The predicted molar refractivity (Wildman–Crippen MR) is 80.8 cm³/mol. The Morgan fingerprint density at radius 3 is 2.95 bits per heavy atom. The van der Waals surface area contributed by atoms with Gasteiger partial charge in [0.15, 0.2) is 0 Å². The number of aromatic nitrogens is 2. The number of thiazole rings is 1. The van der Waals surface area contributed by atoms with Crippen LogP contribution in [0.25, 0.3) is 0 Å². The van der Waals surface area contributed by atoms with Gasteiger partial charge in [0.2, 0.25) is 0 Å². The van der Waals surface area contributed by atoms with Crippen molar-refractivity contribution in [2.75, 3.05) is 12.3 Å². The highest BCUT2D eigenvalue weighted by atomic mass is 32.1. The fourth-order valence-corrected chi connectivity index (χ4v) is 2.51. The summed E-state index contributed by atoms with van der Waals surface area (Å²) in [6.45, 7) is 2.64. The van der Waals surface area contributed by atoms with Crippen LogP contribution >= 0.6 is 11.3 Å². The lowest BCUT2D eigenvalue weighted by atomic mass is 10.1. The molecule has 0 bridgehead atoms. The Hall–Kier alpha value is -1.95. The Morgan fingerprint density at radius 1 is 1.40 bits per heavy atom. The summed E-state index contributed by atoms with van der Waals surface area (Å²) in [5.41, 5.74) is 7.16. The third kappa shape index (κ3) is 4.03. The molecule has 2 rings (SSSR count). The first-order chi connectivity index (χ1) is 9.69. The van der Waals surface area contributed by atoms with E-state index < -0.39 is 0 Å². The van der Waals surface area contributed by atoms with Crippen LogP contribution in [0.4, 0.5) is 5.82 Å². The minimum atomic E-state index is -0.118. The first-order valence-electron chi connectivity index (χ1n) is 6.62. The van der Waals surface area contributed by atoms with Crippen molar-refractivity contribution in [3.8, 4) is 0 Å². The average Bonchev–Trinajstić information content (AvgIpc) is 2.91. The van der Waals surface area contributed by atoms with Gasteiger partial charge in [0, 0.05) is 35.8 Å². The molecule has 0 atom stereocenters. The molecule has 0 aliphatic carbocycles. The van der Waals surface area contributed by atoms with E-state index in [0.717, 1.165) is 30.0 Å². The van der Waals surface area contributed by atoms with E-state index in [0.29, 0.717) is 17.9 Å². The monoisotopic (exact) mass is 290 g/mol. The number of aryl methyl sites for hydroxylation is 1. The molecule has 1 amide bonds. The Morgan fingerprint density at radius 2 is 2.25 bits per heavy atom. The largest absolute Gasteiger partial charge is 0.384 e. The highest BCUT2D eigenvalue weighted by Gasteiger charge is 2.08. The summed E-state index contributed by atoms with van der Waals surface area (Å²) in [5.74, 6) is 0.272.